The summed E-state index contributed by atoms with van der Waals surface area (Å²) >= 11 is 0. The van der Waals surface area contributed by atoms with Crippen LogP contribution in [0.3, 0.4) is 0 Å². The summed E-state index contributed by atoms with van der Waals surface area (Å²) in [6, 6.07) is 9.45. The number of likely N-dealkylation sites (N-methyl/N-ethyl adjacent to an activating group) is 1. The first kappa shape index (κ1) is 21.1. The predicted octanol–water partition coefficient (Wildman–Crippen LogP) is 3.58. The van der Waals surface area contributed by atoms with E-state index in [1.165, 1.54) is 0 Å². The topological polar surface area (TPSA) is 82.2 Å². The lowest BCUT2D eigenvalue weighted by molar-refractivity contribution is 0.0953. The van der Waals surface area contributed by atoms with E-state index in [1.807, 2.05) is 55.5 Å². The molecule has 1 aliphatic rings. The van der Waals surface area contributed by atoms with Crippen molar-refractivity contribution < 1.29 is 23.7 Å². The average molecular weight is 447 g/mol. The number of fused-ring (bicyclic) bond motifs is 6. The molecule has 1 amide bonds. The highest BCUT2D eigenvalue weighted by Gasteiger charge is 2.20. The first-order valence-electron chi connectivity index (χ1n) is 10.6. The largest absolute Gasteiger partial charge is 0.493 e. The summed E-state index contributed by atoms with van der Waals surface area (Å²) < 4.78 is 22.2. The Hall–Kier alpha value is -3.78. The van der Waals surface area contributed by atoms with E-state index >= 15 is 0 Å². The summed E-state index contributed by atoms with van der Waals surface area (Å²) in [4.78, 5) is 20.0. The van der Waals surface area contributed by atoms with Crippen molar-refractivity contribution in [3.05, 3.63) is 42.1 Å². The Bertz CT molecular complexity index is 1400. The third-order valence-corrected chi connectivity index (χ3v) is 5.89. The number of carbonyl (C=O) groups is 1. The molecule has 170 valence electrons. The molecule has 0 aliphatic carbocycles. The van der Waals surface area contributed by atoms with E-state index < -0.39 is 0 Å². The third-order valence-electron chi connectivity index (χ3n) is 5.89. The van der Waals surface area contributed by atoms with Gasteiger partial charge in [0.15, 0.2) is 23.0 Å². The third kappa shape index (κ3) is 3.62. The van der Waals surface area contributed by atoms with Gasteiger partial charge >= 0.3 is 0 Å². The van der Waals surface area contributed by atoms with Crippen molar-refractivity contribution in [2.24, 2.45) is 0 Å². The van der Waals surface area contributed by atoms with Gasteiger partial charge in [-0.15, -0.1) is 0 Å². The molecule has 1 aliphatic heterocycles. The monoisotopic (exact) mass is 447 g/mol. The zero-order valence-electron chi connectivity index (χ0n) is 19.0. The van der Waals surface area contributed by atoms with Gasteiger partial charge in [0.05, 0.1) is 19.7 Å². The number of carbonyl (C=O) groups excluding carboxylic acids is 1. The lowest BCUT2D eigenvalue weighted by atomic mass is 9.95. The van der Waals surface area contributed by atoms with Gasteiger partial charge in [-0.1, -0.05) is 0 Å². The van der Waals surface area contributed by atoms with Crippen LogP contribution in [0.1, 0.15) is 10.4 Å². The average Bonchev–Trinajstić information content (AvgIpc) is 3.28. The second-order valence-electron chi connectivity index (χ2n) is 8.18. The summed E-state index contributed by atoms with van der Waals surface area (Å²) in [5, 5.41) is 7.34. The summed E-state index contributed by atoms with van der Waals surface area (Å²) in [5.74, 6) is 2.33. The zero-order valence-corrected chi connectivity index (χ0v) is 19.0. The lowest BCUT2D eigenvalue weighted by Crippen LogP contribution is -2.31. The minimum Gasteiger partial charge on any atom is -0.493 e. The number of ether oxygens (including phenoxy) is 4. The number of aromatic nitrogens is 1. The molecule has 8 nitrogen and oxygen atoms in total. The first-order valence-corrected chi connectivity index (χ1v) is 10.6. The van der Waals surface area contributed by atoms with Crippen LogP contribution in [0, 0.1) is 0 Å². The molecule has 1 aromatic heterocycles. The Balaban J connectivity index is 1.79. The molecular weight excluding hydrogens is 422 g/mol. The van der Waals surface area contributed by atoms with Gasteiger partial charge in [-0.2, -0.15) is 0 Å². The van der Waals surface area contributed by atoms with E-state index in [4.69, 9.17) is 18.9 Å². The molecule has 33 heavy (non-hydrogen) atoms. The minimum absolute atomic E-state index is 0.151. The first-order chi connectivity index (χ1) is 16.0. The fraction of sp³-hybridized carbons (Fsp3) is 0.280. The molecule has 0 saturated carbocycles. The van der Waals surface area contributed by atoms with Gasteiger partial charge in [0.25, 0.3) is 5.91 Å². The van der Waals surface area contributed by atoms with Crippen LogP contribution in [0.25, 0.3) is 32.4 Å². The number of nitrogens with one attached hydrogen (secondary N) is 1. The summed E-state index contributed by atoms with van der Waals surface area (Å²) in [7, 11) is 7.12. The number of benzene rings is 3. The predicted molar refractivity (Wildman–Crippen MR) is 127 cm³/mol. The van der Waals surface area contributed by atoms with Gasteiger partial charge < -0.3 is 29.2 Å². The Kier molecular flexibility index (Phi) is 5.30. The molecule has 0 unspecified atom stereocenters. The van der Waals surface area contributed by atoms with Crippen LogP contribution in [0.15, 0.2) is 36.5 Å². The molecule has 8 heteroatoms. The molecule has 0 radical (unpaired) electrons. The van der Waals surface area contributed by atoms with E-state index in [0.29, 0.717) is 35.1 Å². The molecule has 0 spiro atoms. The molecule has 3 aromatic carbocycles. The molecule has 2 heterocycles. The van der Waals surface area contributed by atoms with Gasteiger partial charge in [-0.05, 0) is 54.5 Å². The van der Waals surface area contributed by atoms with Gasteiger partial charge in [-0.3, -0.25) is 9.78 Å². The van der Waals surface area contributed by atoms with Crippen LogP contribution in [0.5, 0.6) is 23.0 Å². The standard InChI is InChI=1S/C25H25N3O5/c1-28(2)6-5-26-25(29)18-7-14-17-10-23-24(33-13-32-23)11-20(17)27-12-19(14)16-9-22(31-4)21(30-3)8-15(16)18/h7-12H,5-6,13H2,1-4H3,(H,26,29). The Labute approximate surface area is 191 Å². The van der Waals surface area contributed by atoms with E-state index in [0.717, 1.165) is 39.0 Å². The molecule has 0 fully saturated rings. The van der Waals surface area contributed by atoms with Crippen molar-refractivity contribution in [2.75, 3.05) is 48.2 Å². The quantitative estimate of drug-likeness (QED) is 0.453. The Morgan fingerprint density at radius 2 is 1.61 bits per heavy atom. The number of pyridine rings is 1. The molecule has 0 bridgehead atoms. The normalized spacial score (nSPS) is 12.6. The van der Waals surface area contributed by atoms with Crippen LogP contribution in [0.4, 0.5) is 0 Å². The highest BCUT2D eigenvalue weighted by molar-refractivity contribution is 6.22. The molecule has 5 rings (SSSR count). The van der Waals surface area contributed by atoms with Crippen molar-refractivity contribution in [1.82, 2.24) is 15.2 Å². The van der Waals surface area contributed by atoms with Gasteiger partial charge in [0, 0.05) is 41.7 Å². The number of hydrogen-bond donors (Lipinski definition) is 1. The SMILES string of the molecule is COc1cc2c(C(=O)NCCN(C)C)cc3c4cc5c(cc4ncc3c2cc1OC)OCO5. The second kappa shape index (κ2) is 8.29. The van der Waals surface area contributed by atoms with Crippen molar-refractivity contribution >= 4 is 38.4 Å². The van der Waals surface area contributed by atoms with E-state index in [1.54, 1.807) is 14.2 Å². The van der Waals surface area contributed by atoms with Crippen molar-refractivity contribution in [2.45, 2.75) is 0 Å². The summed E-state index contributed by atoms with van der Waals surface area (Å²) in [6.45, 7) is 1.46. The summed E-state index contributed by atoms with van der Waals surface area (Å²) in [5.41, 5.74) is 1.33. The number of rotatable bonds is 6. The molecular formula is C25H25N3O5. The van der Waals surface area contributed by atoms with E-state index in [-0.39, 0.29) is 12.7 Å². The fourth-order valence-electron chi connectivity index (χ4n) is 4.20. The van der Waals surface area contributed by atoms with Crippen LogP contribution >= 0.6 is 0 Å². The van der Waals surface area contributed by atoms with Gasteiger partial charge in [-0.25, -0.2) is 0 Å². The van der Waals surface area contributed by atoms with E-state index in [2.05, 4.69) is 10.3 Å². The van der Waals surface area contributed by atoms with E-state index in [9.17, 15) is 4.79 Å². The molecule has 4 aromatic rings. The van der Waals surface area contributed by atoms with Crippen LogP contribution < -0.4 is 24.3 Å². The van der Waals surface area contributed by atoms with Crippen LogP contribution in [-0.2, 0) is 0 Å². The maximum Gasteiger partial charge on any atom is 0.251 e. The summed E-state index contributed by atoms with van der Waals surface area (Å²) in [6.07, 6.45) is 1.82. The van der Waals surface area contributed by atoms with Crippen molar-refractivity contribution in [3.63, 3.8) is 0 Å². The highest BCUT2D eigenvalue weighted by Crippen LogP contribution is 2.42. The fourth-order valence-corrected chi connectivity index (χ4v) is 4.20. The van der Waals surface area contributed by atoms with Crippen molar-refractivity contribution in [1.29, 1.82) is 0 Å². The van der Waals surface area contributed by atoms with Crippen molar-refractivity contribution in [3.8, 4) is 23.0 Å². The maximum absolute atomic E-state index is 13.3. The molecule has 1 N–H and O–H groups in total. The number of hydrogen-bond acceptors (Lipinski definition) is 7. The smallest absolute Gasteiger partial charge is 0.251 e. The highest BCUT2D eigenvalue weighted by atomic mass is 16.7. The number of amides is 1. The van der Waals surface area contributed by atoms with Gasteiger partial charge in [0.1, 0.15) is 0 Å². The Morgan fingerprint density at radius 3 is 2.30 bits per heavy atom. The lowest BCUT2D eigenvalue weighted by Gasteiger charge is -2.16. The van der Waals surface area contributed by atoms with Crippen LogP contribution in [-0.4, -0.2) is 64.0 Å². The van der Waals surface area contributed by atoms with Crippen LogP contribution in [0.2, 0.25) is 0 Å². The maximum atomic E-state index is 13.3. The molecule has 0 atom stereocenters. The Morgan fingerprint density at radius 1 is 0.939 bits per heavy atom. The zero-order chi connectivity index (χ0) is 23.1. The number of nitrogens with zero attached hydrogens (tertiary/aromatic N) is 2. The minimum atomic E-state index is -0.151. The second-order valence-corrected chi connectivity index (χ2v) is 8.18. The molecule has 0 saturated heterocycles. The number of methoxy groups -OCH3 is 2. The van der Waals surface area contributed by atoms with Gasteiger partial charge in [0.2, 0.25) is 6.79 Å².